The first-order valence-electron chi connectivity index (χ1n) is 11.2. The summed E-state index contributed by atoms with van der Waals surface area (Å²) in [5, 5.41) is 11.8. The van der Waals surface area contributed by atoms with E-state index in [1.165, 1.54) is 5.56 Å². The number of para-hydroxylation sites is 1. The molecule has 2 N–H and O–H groups in total. The molecule has 7 nitrogen and oxygen atoms in total. The largest absolute Gasteiger partial charge is 0.496 e. The molecule has 1 aliphatic rings. The quantitative estimate of drug-likeness (QED) is 0.460. The molecule has 168 valence electrons. The molecule has 7 heteroatoms. The normalized spacial score (nSPS) is 15.7. The Morgan fingerprint density at radius 3 is 2.82 bits per heavy atom. The first kappa shape index (κ1) is 21.0. The number of anilines is 1. The highest BCUT2D eigenvalue weighted by atomic mass is 16.5. The summed E-state index contributed by atoms with van der Waals surface area (Å²) in [5.74, 6) is 1.65. The summed E-state index contributed by atoms with van der Waals surface area (Å²) >= 11 is 0. The van der Waals surface area contributed by atoms with Gasteiger partial charge < -0.3 is 15.0 Å². The van der Waals surface area contributed by atoms with E-state index in [0.29, 0.717) is 30.9 Å². The van der Waals surface area contributed by atoms with Crippen LogP contribution in [0.2, 0.25) is 0 Å². The van der Waals surface area contributed by atoms with Crippen molar-refractivity contribution in [1.82, 2.24) is 20.1 Å². The summed E-state index contributed by atoms with van der Waals surface area (Å²) in [7, 11) is 1.61. The number of methoxy groups -OCH3 is 1. The molecule has 5 rings (SSSR count). The standard InChI is InChI=1S/C26H27N5O2/c1-17-7-6-10-20(23(17)33-2)26(32)31-14-13-19(16-31)22-12-11-21-24(29-30-25(21)28-22)27-15-18-8-4-3-5-9-18/h3-12,19H,13-16H2,1-2H3,(H2,27,28,29,30). The molecular formula is C26H27N5O2. The number of fused-ring (bicyclic) bond motifs is 1. The lowest BCUT2D eigenvalue weighted by atomic mass is 10.0. The number of hydrogen-bond donors (Lipinski definition) is 2. The van der Waals surface area contributed by atoms with E-state index in [-0.39, 0.29) is 11.8 Å². The van der Waals surface area contributed by atoms with Crippen LogP contribution >= 0.6 is 0 Å². The van der Waals surface area contributed by atoms with Crippen LogP contribution < -0.4 is 10.1 Å². The molecule has 0 radical (unpaired) electrons. The van der Waals surface area contributed by atoms with Crippen molar-refractivity contribution < 1.29 is 9.53 Å². The van der Waals surface area contributed by atoms with Crippen LogP contribution in [0.4, 0.5) is 5.82 Å². The summed E-state index contributed by atoms with van der Waals surface area (Å²) < 4.78 is 5.49. The fourth-order valence-electron chi connectivity index (χ4n) is 4.51. The minimum Gasteiger partial charge on any atom is -0.496 e. The molecule has 2 aromatic carbocycles. The third-order valence-corrected chi connectivity index (χ3v) is 6.29. The smallest absolute Gasteiger partial charge is 0.257 e. The number of carbonyl (C=O) groups is 1. The molecule has 4 aromatic rings. The van der Waals surface area contributed by atoms with Crippen LogP contribution in [0.1, 0.15) is 39.5 Å². The van der Waals surface area contributed by atoms with Crippen LogP contribution in [0.25, 0.3) is 11.0 Å². The number of ether oxygens (including phenoxy) is 1. The Kier molecular flexibility index (Phi) is 5.69. The lowest BCUT2D eigenvalue weighted by Crippen LogP contribution is -2.29. The molecular weight excluding hydrogens is 414 g/mol. The van der Waals surface area contributed by atoms with E-state index in [1.807, 2.05) is 48.2 Å². The van der Waals surface area contributed by atoms with Gasteiger partial charge in [0.1, 0.15) is 5.75 Å². The third-order valence-electron chi connectivity index (χ3n) is 6.29. The number of H-pyrrole nitrogens is 1. The number of hydrogen-bond acceptors (Lipinski definition) is 5. The number of aromatic amines is 1. The first-order chi connectivity index (χ1) is 16.1. The maximum Gasteiger partial charge on any atom is 0.257 e. The Morgan fingerprint density at radius 1 is 1.15 bits per heavy atom. The predicted molar refractivity (Wildman–Crippen MR) is 129 cm³/mol. The minimum atomic E-state index is 0.00747. The zero-order valence-corrected chi connectivity index (χ0v) is 18.8. The Morgan fingerprint density at radius 2 is 2.00 bits per heavy atom. The lowest BCUT2D eigenvalue weighted by molar-refractivity contribution is 0.0787. The van der Waals surface area contributed by atoms with Crippen molar-refractivity contribution in [3.8, 4) is 5.75 Å². The average Bonchev–Trinajstić information content (AvgIpc) is 3.50. The van der Waals surface area contributed by atoms with Crippen molar-refractivity contribution in [2.45, 2.75) is 25.8 Å². The van der Waals surface area contributed by atoms with Crippen molar-refractivity contribution in [2.24, 2.45) is 0 Å². The number of nitrogens with zero attached hydrogens (tertiary/aromatic N) is 3. The number of pyridine rings is 1. The molecule has 1 saturated heterocycles. The number of benzene rings is 2. The van der Waals surface area contributed by atoms with Crippen LogP contribution in [0.3, 0.4) is 0 Å². The summed E-state index contributed by atoms with van der Waals surface area (Å²) in [5.41, 5.74) is 4.51. The minimum absolute atomic E-state index is 0.00747. The van der Waals surface area contributed by atoms with Crippen molar-refractivity contribution >= 4 is 22.8 Å². The highest BCUT2D eigenvalue weighted by molar-refractivity contribution is 5.97. The number of aromatic nitrogens is 3. The van der Waals surface area contributed by atoms with Gasteiger partial charge in [0, 0.05) is 31.2 Å². The van der Waals surface area contributed by atoms with Gasteiger partial charge >= 0.3 is 0 Å². The number of aryl methyl sites for hydroxylation is 1. The number of amides is 1. The fraction of sp³-hybridized carbons (Fsp3) is 0.269. The molecule has 2 aromatic heterocycles. The number of likely N-dealkylation sites (tertiary alicyclic amines) is 1. The van der Waals surface area contributed by atoms with E-state index in [0.717, 1.165) is 34.5 Å². The Labute approximate surface area is 192 Å². The Bertz CT molecular complexity index is 1280. The summed E-state index contributed by atoms with van der Waals surface area (Å²) in [6.45, 7) is 3.99. The van der Waals surface area contributed by atoms with Crippen molar-refractivity contribution in [3.63, 3.8) is 0 Å². The van der Waals surface area contributed by atoms with E-state index in [4.69, 9.17) is 9.72 Å². The number of carbonyl (C=O) groups excluding carboxylic acids is 1. The average molecular weight is 442 g/mol. The summed E-state index contributed by atoms with van der Waals surface area (Å²) in [4.78, 5) is 19.9. The van der Waals surface area contributed by atoms with E-state index < -0.39 is 0 Å². The van der Waals surface area contributed by atoms with Gasteiger partial charge in [-0.2, -0.15) is 5.10 Å². The van der Waals surface area contributed by atoms with Crippen molar-refractivity contribution in [2.75, 3.05) is 25.5 Å². The molecule has 0 saturated carbocycles. The topological polar surface area (TPSA) is 83.1 Å². The number of rotatable bonds is 6. The molecule has 3 heterocycles. The van der Waals surface area contributed by atoms with E-state index >= 15 is 0 Å². The van der Waals surface area contributed by atoms with Crippen LogP contribution in [0.15, 0.2) is 60.7 Å². The van der Waals surface area contributed by atoms with Gasteiger partial charge in [0.15, 0.2) is 11.5 Å². The van der Waals surface area contributed by atoms with E-state index in [2.05, 4.69) is 39.8 Å². The van der Waals surface area contributed by atoms with Gasteiger partial charge in [-0.1, -0.05) is 42.5 Å². The van der Waals surface area contributed by atoms with Crippen molar-refractivity contribution in [1.29, 1.82) is 0 Å². The summed E-state index contributed by atoms with van der Waals surface area (Å²) in [6.07, 6.45) is 0.881. The molecule has 1 unspecified atom stereocenters. The van der Waals surface area contributed by atoms with E-state index in [9.17, 15) is 4.79 Å². The van der Waals surface area contributed by atoms with Gasteiger partial charge in [0.25, 0.3) is 5.91 Å². The van der Waals surface area contributed by atoms with Crippen LogP contribution in [0.5, 0.6) is 5.75 Å². The van der Waals surface area contributed by atoms with Crippen molar-refractivity contribution in [3.05, 3.63) is 83.0 Å². The molecule has 1 aliphatic heterocycles. The molecule has 1 fully saturated rings. The van der Waals surface area contributed by atoms with Crippen LogP contribution in [-0.4, -0.2) is 46.2 Å². The molecule has 33 heavy (non-hydrogen) atoms. The number of nitrogens with one attached hydrogen (secondary N) is 2. The second-order valence-electron chi connectivity index (χ2n) is 8.44. The molecule has 0 aliphatic carbocycles. The van der Waals surface area contributed by atoms with Gasteiger partial charge in [-0.25, -0.2) is 4.98 Å². The molecule has 1 atom stereocenters. The molecule has 1 amide bonds. The third kappa shape index (κ3) is 4.14. The van der Waals surface area contributed by atoms with Crippen LogP contribution in [0, 0.1) is 6.92 Å². The Balaban J connectivity index is 1.29. The van der Waals surface area contributed by atoms with Gasteiger partial charge in [0.2, 0.25) is 0 Å². The maximum atomic E-state index is 13.2. The second kappa shape index (κ2) is 8.94. The summed E-state index contributed by atoms with van der Waals surface area (Å²) in [6, 6.07) is 20.0. The fourth-order valence-corrected chi connectivity index (χ4v) is 4.51. The maximum absolute atomic E-state index is 13.2. The van der Waals surface area contributed by atoms with Gasteiger partial charge in [-0.3, -0.25) is 9.89 Å². The predicted octanol–water partition coefficient (Wildman–Crippen LogP) is 4.52. The lowest BCUT2D eigenvalue weighted by Gasteiger charge is -2.19. The monoisotopic (exact) mass is 441 g/mol. The first-order valence-corrected chi connectivity index (χ1v) is 11.2. The second-order valence-corrected chi connectivity index (χ2v) is 8.44. The SMILES string of the molecule is COc1c(C)cccc1C(=O)N1CCC(c2ccc3c(NCc4ccccc4)n[nH]c3n2)C1. The van der Waals surface area contributed by atoms with E-state index in [1.54, 1.807) is 7.11 Å². The zero-order valence-electron chi connectivity index (χ0n) is 18.8. The highest BCUT2D eigenvalue weighted by Gasteiger charge is 2.30. The molecule has 0 bridgehead atoms. The Hall–Kier alpha value is -3.87. The van der Waals surface area contributed by atoms with Gasteiger partial charge in [0.05, 0.1) is 18.1 Å². The van der Waals surface area contributed by atoms with Gasteiger partial charge in [-0.05, 0) is 42.7 Å². The zero-order chi connectivity index (χ0) is 22.8. The highest BCUT2D eigenvalue weighted by Crippen LogP contribution is 2.31. The van der Waals surface area contributed by atoms with Crippen LogP contribution in [-0.2, 0) is 6.54 Å². The van der Waals surface area contributed by atoms with Gasteiger partial charge in [-0.15, -0.1) is 0 Å². The molecule has 0 spiro atoms.